The molecule has 2 aliphatic heterocycles. The standard InChI is InChI=1S/C12H19N3O3S2/c1-20(16,17)14-9-7-15(8-11-13-4-6-19-11)10-3-2-5-18-12(9)10/h4,6,9-10,12,14H,2-3,5,7-8H2,1H3/t9-,10+,12+/m1/s1. The Morgan fingerprint density at radius 1 is 1.60 bits per heavy atom. The Morgan fingerprint density at radius 3 is 3.15 bits per heavy atom. The van der Waals surface area contributed by atoms with Gasteiger partial charge in [-0.25, -0.2) is 18.1 Å². The first-order valence-corrected chi connectivity index (χ1v) is 9.51. The topological polar surface area (TPSA) is 71.5 Å². The average Bonchev–Trinajstić information content (AvgIpc) is 2.98. The fourth-order valence-corrected chi connectivity index (χ4v) is 4.52. The summed E-state index contributed by atoms with van der Waals surface area (Å²) in [5, 5.41) is 3.03. The highest BCUT2D eigenvalue weighted by Gasteiger charge is 2.44. The van der Waals surface area contributed by atoms with Gasteiger partial charge < -0.3 is 4.74 Å². The Kier molecular flexibility index (Phi) is 4.09. The smallest absolute Gasteiger partial charge is 0.209 e. The number of hydrogen-bond acceptors (Lipinski definition) is 6. The van der Waals surface area contributed by atoms with E-state index in [1.807, 2.05) is 5.38 Å². The fourth-order valence-electron chi connectivity index (χ4n) is 3.12. The lowest BCUT2D eigenvalue weighted by molar-refractivity contribution is -0.0193. The van der Waals surface area contributed by atoms with Crippen molar-refractivity contribution in [3.05, 3.63) is 16.6 Å². The summed E-state index contributed by atoms with van der Waals surface area (Å²) in [5.41, 5.74) is 0. The van der Waals surface area contributed by atoms with Gasteiger partial charge in [0, 0.05) is 30.8 Å². The summed E-state index contributed by atoms with van der Waals surface area (Å²) < 4.78 is 31.5. The van der Waals surface area contributed by atoms with Crippen LogP contribution in [0.1, 0.15) is 17.8 Å². The van der Waals surface area contributed by atoms with Crippen molar-refractivity contribution >= 4 is 21.4 Å². The molecule has 20 heavy (non-hydrogen) atoms. The molecule has 0 aromatic carbocycles. The van der Waals surface area contributed by atoms with Crippen molar-refractivity contribution in [2.45, 2.75) is 37.6 Å². The molecule has 112 valence electrons. The number of nitrogens with one attached hydrogen (secondary N) is 1. The molecular formula is C12H19N3O3S2. The molecule has 0 aliphatic carbocycles. The second-order valence-electron chi connectivity index (χ2n) is 5.40. The van der Waals surface area contributed by atoms with Gasteiger partial charge in [0.25, 0.3) is 0 Å². The van der Waals surface area contributed by atoms with Crippen LogP contribution in [-0.2, 0) is 21.3 Å². The van der Waals surface area contributed by atoms with Gasteiger partial charge in [-0.05, 0) is 12.8 Å². The van der Waals surface area contributed by atoms with Gasteiger partial charge in [-0.2, -0.15) is 0 Å². The maximum Gasteiger partial charge on any atom is 0.209 e. The highest BCUT2D eigenvalue weighted by atomic mass is 32.2. The van der Waals surface area contributed by atoms with Crippen molar-refractivity contribution in [1.29, 1.82) is 0 Å². The summed E-state index contributed by atoms with van der Waals surface area (Å²) in [6.07, 6.45) is 5.04. The van der Waals surface area contributed by atoms with Crippen LogP contribution in [0.5, 0.6) is 0 Å². The molecule has 3 atom stereocenters. The predicted molar refractivity (Wildman–Crippen MR) is 77.1 cm³/mol. The van der Waals surface area contributed by atoms with E-state index in [0.29, 0.717) is 13.2 Å². The number of hydrogen-bond donors (Lipinski definition) is 1. The summed E-state index contributed by atoms with van der Waals surface area (Å²) in [6, 6.07) is 0.127. The number of thiazole rings is 1. The largest absolute Gasteiger partial charge is 0.375 e. The predicted octanol–water partition coefficient (Wildman–Crippen LogP) is 0.424. The summed E-state index contributed by atoms with van der Waals surface area (Å²) >= 11 is 1.63. The quantitative estimate of drug-likeness (QED) is 0.872. The van der Waals surface area contributed by atoms with Crippen LogP contribution in [0.4, 0.5) is 0 Å². The molecular weight excluding hydrogens is 298 g/mol. The van der Waals surface area contributed by atoms with Gasteiger partial charge in [0.15, 0.2) is 0 Å². The number of nitrogens with zero attached hydrogens (tertiary/aromatic N) is 2. The molecule has 1 N–H and O–H groups in total. The van der Waals surface area contributed by atoms with E-state index in [-0.39, 0.29) is 18.2 Å². The summed E-state index contributed by atoms with van der Waals surface area (Å²) in [6.45, 7) is 2.17. The summed E-state index contributed by atoms with van der Waals surface area (Å²) in [5.74, 6) is 0. The molecule has 0 saturated carbocycles. The molecule has 1 aromatic heterocycles. The van der Waals surface area contributed by atoms with Crippen LogP contribution in [-0.4, -0.2) is 55.9 Å². The van der Waals surface area contributed by atoms with Crippen molar-refractivity contribution < 1.29 is 13.2 Å². The van der Waals surface area contributed by atoms with Crippen molar-refractivity contribution in [3.63, 3.8) is 0 Å². The molecule has 3 heterocycles. The first-order valence-electron chi connectivity index (χ1n) is 6.74. The number of likely N-dealkylation sites (tertiary alicyclic amines) is 1. The zero-order valence-electron chi connectivity index (χ0n) is 11.4. The van der Waals surface area contributed by atoms with Gasteiger partial charge in [0.2, 0.25) is 10.0 Å². The van der Waals surface area contributed by atoms with Crippen LogP contribution in [0, 0.1) is 0 Å². The van der Waals surface area contributed by atoms with Crippen LogP contribution in [0.2, 0.25) is 0 Å². The maximum absolute atomic E-state index is 11.5. The minimum absolute atomic E-state index is 0.0431. The van der Waals surface area contributed by atoms with Gasteiger partial charge in [0.05, 0.1) is 24.9 Å². The molecule has 0 spiro atoms. The van der Waals surface area contributed by atoms with Crippen LogP contribution < -0.4 is 4.72 Å². The first kappa shape index (κ1) is 14.4. The third kappa shape index (κ3) is 3.20. The Labute approximate surface area is 123 Å². The number of rotatable bonds is 4. The Morgan fingerprint density at radius 2 is 2.45 bits per heavy atom. The third-order valence-electron chi connectivity index (χ3n) is 3.82. The molecule has 2 aliphatic rings. The van der Waals surface area contributed by atoms with E-state index in [4.69, 9.17) is 4.74 Å². The number of ether oxygens (including phenoxy) is 1. The van der Waals surface area contributed by atoms with Gasteiger partial charge in [-0.1, -0.05) is 0 Å². The summed E-state index contributed by atoms with van der Waals surface area (Å²) in [4.78, 5) is 6.61. The molecule has 0 unspecified atom stereocenters. The number of fused-ring (bicyclic) bond motifs is 1. The second-order valence-corrected chi connectivity index (χ2v) is 8.16. The molecule has 2 saturated heterocycles. The second kappa shape index (κ2) is 5.69. The van der Waals surface area contributed by atoms with Crippen LogP contribution in [0.15, 0.2) is 11.6 Å². The zero-order valence-corrected chi connectivity index (χ0v) is 13.0. The average molecular weight is 317 g/mol. The van der Waals surface area contributed by atoms with Crippen molar-refractivity contribution in [2.75, 3.05) is 19.4 Å². The third-order valence-corrected chi connectivity index (χ3v) is 5.31. The van der Waals surface area contributed by atoms with E-state index in [1.165, 1.54) is 6.26 Å². The lowest BCUT2D eigenvalue weighted by atomic mass is 10.0. The fraction of sp³-hybridized carbons (Fsp3) is 0.750. The van der Waals surface area contributed by atoms with Crippen molar-refractivity contribution in [1.82, 2.24) is 14.6 Å². The van der Waals surface area contributed by atoms with E-state index in [2.05, 4.69) is 14.6 Å². The van der Waals surface area contributed by atoms with Crippen LogP contribution >= 0.6 is 11.3 Å². The lowest BCUT2D eigenvalue weighted by Crippen LogP contribution is -2.47. The molecule has 0 radical (unpaired) electrons. The van der Waals surface area contributed by atoms with E-state index >= 15 is 0 Å². The molecule has 6 nitrogen and oxygen atoms in total. The highest BCUT2D eigenvalue weighted by Crippen LogP contribution is 2.30. The van der Waals surface area contributed by atoms with Gasteiger partial charge in [0.1, 0.15) is 5.01 Å². The molecule has 0 amide bonds. The van der Waals surface area contributed by atoms with Gasteiger partial charge in [-0.15, -0.1) is 11.3 Å². The van der Waals surface area contributed by atoms with Crippen LogP contribution in [0.3, 0.4) is 0 Å². The van der Waals surface area contributed by atoms with Crippen LogP contribution in [0.25, 0.3) is 0 Å². The minimum atomic E-state index is -3.21. The van der Waals surface area contributed by atoms with Crippen molar-refractivity contribution in [2.24, 2.45) is 0 Å². The van der Waals surface area contributed by atoms with E-state index < -0.39 is 10.0 Å². The number of sulfonamides is 1. The van der Waals surface area contributed by atoms with E-state index in [1.54, 1.807) is 17.5 Å². The SMILES string of the molecule is CS(=O)(=O)N[C@@H]1CN(Cc2nccs2)[C@H]2CCCO[C@@H]12. The van der Waals surface area contributed by atoms with E-state index in [0.717, 1.165) is 24.4 Å². The Bertz CT molecular complexity index is 546. The van der Waals surface area contributed by atoms with Gasteiger partial charge >= 0.3 is 0 Å². The molecule has 0 bridgehead atoms. The first-order chi connectivity index (χ1) is 9.53. The molecule has 8 heteroatoms. The summed E-state index contributed by atoms with van der Waals surface area (Å²) in [7, 11) is -3.21. The monoisotopic (exact) mass is 317 g/mol. The molecule has 1 aromatic rings. The maximum atomic E-state index is 11.5. The van der Waals surface area contributed by atoms with Crippen molar-refractivity contribution in [3.8, 4) is 0 Å². The lowest BCUT2D eigenvalue weighted by Gasteiger charge is -2.32. The highest BCUT2D eigenvalue weighted by molar-refractivity contribution is 7.88. The Balaban J connectivity index is 1.74. The van der Waals surface area contributed by atoms with Gasteiger partial charge in [-0.3, -0.25) is 4.90 Å². The molecule has 2 fully saturated rings. The minimum Gasteiger partial charge on any atom is -0.375 e. The van der Waals surface area contributed by atoms with E-state index in [9.17, 15) is 8.42 Å². The normalized spacial score (nSPS) is 31.4. The Hall–Kier alpha value is -0.540. The number of aromatic nitrogens is 1. The zero-order chi connectivity index (χ0) is 14.2. The molecule has 3 rings (SSSR count).